The van der Waals surface area contributed by atoms with Crippen LogP contribution in [0.1, 0.15) is 35.2 Å². The van der Waals surface area contributed by atoms with Crippen molar-refractivity contribution in [2.24, 2.45) is 5.92 Å². The van der Waals surface area contributed by atoms with Crippen molar-refractivity contribution < 1.29 is 9.32 Å². The summed E-state index contributed by atoms with van der Waals surface area (Å²) < 4.78 is 5.28. The number of rotatable bonds is 2. The lowest BCUT2D eigenvalue weighted by molar-refractivity contribution is 0.101. The van der Waals surface area contributed by atoms with E-state index in [1.54, 1.807) is 18.2 Å². The molecule has 110 valence electrons. The highest BCUT2D eigenvalue weighted by Gasteiger charge is 2.27. The monoisotopic (exact) mass is 324 g/mol. The van der Waals surface area contributed by atoms with Crippen molar-refractivity contribution in [3.8, 4) is 0 Å². The van der Waals surface area contributed by atoms with E-state index in [2.05, 4.69) is 17.4 Å². The number of aromatic nitrogens is 1. The van der Waals surface area contributed by atoms with Crippen molar-refractivity contribution in [3.05, 3.63) is 45.3 Å². The number of benzene rings is 1. The fraction of sp³-hybridized carbons (Fsp3) is 0.333. The second-order valence-electron chi connectivity index (χ2n) is 5.36. The van der Waals surface area contributed by atoms with Gasteiger partial charge in [-0.15, -0.1) is 0 Å². The van der Waals surface area contributed by atoms with Crippen LogP contribution in [0.15, 0.2) is 22.7 Å². The van der Waals surface area contributed by atoms with Crippen LogP contribution in [0.3, 0.4) is 0 Å². The zero-order valence-electron chi connectivity index (χ0n) is 11.5. The number of carbonyl (C=O) groups is 1. The number of halogens is 2. The Balaban J connectivity index is 1.86. The predicted molar refractivity (Wildman–Crippen MR) is 82.1 cm³/mol. The summed E-state index contributed by atoms with van der Waals surface area (Å²) in [7, 11) is 0. The average Bonchev–Trinajstić information content (AvgIpc) is 2.85. The van der Waals surface area contributed by atoms with Crippen LogP contribution < -0.4 is 5.32 Å². The quantitative estimate of drug-likeness (QED) is 0.892. The van der Waals surface area contributed by atoms with E-state index in [-0.39, 0.29) is 5.91 Å². The molecule has 1 atom stereocenters. The second kappa shape index (κ2) is 5.70. The fourth-order valence-electron chi connectivity index (χ4n) is 2.53. The predicted octanol–water partition coefficient (Wildman–Crippen LogP) is 4.36. The van der Waals surface area contributed by atoms with Crippen molar-refractivity contribution in [2.75, 3.05) is 5.32 Å². The molecule has 1 heterocycles. The van der Waals surface area contributed by atoms with Gasteiger partial charge in [-0.1, -0.05) is 35.3 Å². The fourth-order valence-corrected chi connectivity index (χ4v) is 2.87. The van der Waals surface area contributed by atoms with Crippen LogP contribution in [0.2, 0.25) is 10.0 Å². The Morgan fingerprint density at radius 3 is 3.05 bits per heavy atom. The van der Waals surface area contributed by atoms with Crippen LogP contribution >= 0.6 is 23.2 Å². The molecule has 1 amide bonds. The van der Waals surface area contributed by atoms with Gasteiger partial charge in [-0.25, -0.2) is 0 Å². The Kier molecular flexibility index (Phi) is 3.91. The van der Waals surface area contributed by atoms with Crippen LogP contribution in [0.4, 0.5) is 5.69 Å². The summed E-state index contributed by atoms with van der Waals surface area (Å²) in [4.78, 5) is 12.4. The Morgan fingerprint density at radius 1 is 1.43 bits per heavy atom. The van der Waals surface area contributed by atoms with Gasteiger partial charge in [0.05, 0.1) is 10.7 Å². The molecule has 4 nitrogen and oxygen atoms in total. The maximum atomic E-state index is 12.4. The summed E-state index contributed by atoms with van der Waals surface area (Å²) in [5.41, 5.74) is 1.71. The number of hydrogen-bond acceptors (Lipinski definition) is 3. The van der Waals surface area contributed by atoms with E-state index in [1.807, 2.05) is 0 Å². The zero-order chi connectivity index (χ0) is 15.0. The highest BCUT2D eigenvalue weighted by Crippen LogP contribution is 2.30. The highest BCUT2D eigenvalue weighted by molar-refractivity contribution is 6.35. The smallest absolute Gasteiger partial charge is 0.278 e. The molecule has 0 saturated carbocycles. The lowest BCUT2D eigenvalue weighted by atomic mass is 9.88. The SMILES string of the molecule is CC1CCc2onc(C(=O)Nc3cc(Cl)ccc3Cl)c2C1. The van der Waals surface area contributed by atoms with Gasteiger partial charge in [-0.2, -0.15) is 0 Å². The first-order chi connectivity index (χ1) is 10.0. The third-order valence-electron chi connectivity index (χ3n) is 3.68. The first kappa shape index (κ1) is 14.4. The van der Waals surface area contributed by atoms with Gasteiger partial charge in [0, 0.05) is 17.0 Å². The van der Waals surface area contributed by atoms with E-state index < -0.39 is 0 Å². The van der Waals surface area contributed by atoms with Gasteiger partial charge >= 0.3 is 0 Å². The Bertz CT molecular complexity index is 697. The van der Waals surface area contributed by atoms with Gasteiger partial charge in [0.15, 0.2) is 5.69 Å². The van der Waals surface area contributed by atoms with Crippen molar-refractivity contribution in [1.82, 2.24) is 5.16 Å². The summed E-state index contributed by atoms with van der Waals surface area (Å²) in [5.74, 6) is 1.02. The van der Waals surface area contributed by atoms with Gasteiger partial charge in [0.1, 0.15) is 5.76 Å². The molecule has 21 heavy (non-hydrogen) atoms. The van der Waals surface area contributed by atoms with Gasteiger partial charge in [-0.3, -0.25) is 4.79 Å². The molecule has 6 heteroatoms. The molecule has 1 unspecified atom stereocenters. The maximum Gasteiger partial charge on any atom is 0.278 e. The minimum atomic E-state index is -0.321. The van der Waals surface area contributed by atoms with Crippen LogP contribution in [0.25, 0.3) is 0 Å². The minimum absolute atomic E-state index is 0.321. The van der Waals surface area contributed by atoms with E-state index >= 15 is 0 Å². The first-order valence-corrected chi connectivity index (χ1v) is 7.54. The average molecular weight is 325 g/mol. The van der Waals surface area contributed by atoms with E-state index in [1.165, 1.54) is 0 Å². The van der Waals surface area contributed by atoms with Gasteiger partial charge in [0.2, 0.25) is 0 Å². The number of nitrogens with one attached hydrogen (secondary N) is 1. The molecule has 1 N–H and O–H groups in total. The molecule has 3 rings (SSSR count). The maximum absolute atomic E-state index is 12.4. The summed E-state index contributed by atoms with van der Waals surface area (Å²) in [5, 5.41) is 7.59. The number of anilines is 1. The largest absolute Gasteiger partial charge is 0.360 e. The molecule has 0 bridgehead atoms. The normalized spacial score (nSPS) is 17.4. The number of fused-ring (bicyclic) bond motifs is 1. The molecule has 0 saturated heterocycles. The molecule has 2 aromatic rings. The number of nitrogens with zero attached hydrogens (tertiary/aromatic N) is 1. The first-order valence-electron chi connectivity index (χ1n) is 6.78. The minimum Gasteiger partial charge on any atom is -0.360 e. The summed E-state index contributed by atoms with van der Waals surface area (Å²) in [6.07, 6.45) is 2.70. The molecule has 1 aromatic heterocycles. The Morgan fingerprint density at radius 2 is 2.24 bits per heavy atom. The molecule has 1 aliphatic carbocycles. The number of carbonyl (C=O) groups excluding carboxylic acids is 1. The summed E-state index contributed by atoms with van der Waals surface area (Å²) in [6, 6.07) is 4.91. The van der Waals surface area contributed by atoms with Crippen LogP contribution in [0.5, 0.6) is 0 Å². The lowest BCUT2D eigenvalue weighted by Gasteiger charge is -2.16. The van der Waals surface area contributed by atoms with Crippen molar-refractivity contribution in [2.45, 2.75) is 26.2 Å². The van der Waals surface area contributed by atoms with Gasteiger partial charge in [-0.05, 0) is 37.0 Å². The lowest BCUT2D eigenvalue weighted by Crippen LogP contribution is -2.18. The standard InChI is InChI=1S/C15H14Cl2N2O2/c1-8-2-5-13-10(6-8)14(19-21-13)15(20)18-12-7-9(16)3-4-11(12)17/h3-4,7-8H,2,5-6H2,1H3,(H,18,20). The third-order valence-corrected chi connectivity index (χ3v) is 4.24. The molecule has 0 fully saturated rings. The molecule has 1 aromatic carbocycles. The molecular formula is C15H14Cl2N2O2. The summed E-state index contributed by atoms with van der Waals surface area (Å²) in [6.45, 7) is 2.16. The molecular weight excluding hydrogens is 311 g/mol. The Hall–Kier alpha value is -1.52. The number of aryl methyl sites for hydroxylation is 1. The van der Waals surface area contributed by atoms with E-state index in [0.29, 0.717) is 27.3 Å². The molecule has 0 aliphatic heterocycles. The van der Waals surface area contributed by atoms with Crippen LogP contribution in [-0.2, 0) is 12.8 Å². The van der Waals surface area contributed by atoms with Crippen LogP contribution in [0, 0.1) is 5.92 Å². The molecule has 1 aliphatic rings. The molecule has 0 radical (unpaired) electrons. The van der Waals surface area contributed by atoms with Gasteiger partial charge in [0.25, 0.3) is 5.91 Å². The topological polar surface area (TPSA) is 55.1 Å². The van der Waals surface area contributed by atoms with Crippen molar-refractivity contribution in [3.63, 3.8) is 0 Å². The number of amides is 1. The second-order valence-corrected chi connectivity index (χ2v) is 6.20. The van der Waals surface area contributed by atoms with Crippen molar-refractivity contribution >= 4 is 34.8 Å². The number of hydrogen-bond donors (Lipinski definition) is 1. The van der Waals surface area contributed by atoms with E-state index in [9.17, 15) is 4.79 Å². The third kappa shape index (κ3) is 2.92. The Labute approximate surface area is 132 Å². The summed E-state index contributed by atoms with van der Waals surface area (Å²) >= 11 is 12.0. The molecule has 0 spiro atoms. The van der Waals surface area contributed by atoms with E-state index in [4.69, 9.17) is 27.7 Å². The van der Waals surface area contributed by atoms with Gasteiger partial charge < -0.3 is 9.84 Å². The van der Waals surface area contributed by atoms with E-state index in [0.717, 1.165) is 30.6 Å². The van der Waals surface area contributed by atoms with Crippen LogP contribution in [-0.4, -0.2) is 11.1 Å². The van der Waals surface area contributed by atoms with Crippen molar-refractivity contribution in [1.29, 1.82) is 0 Å². The zero-order valence-corrected chi connectivity index (χ0v) is 13.0. The highest BCUT2D eigenvalue weighted by atomic mass is 35.5.